The second kappa shape index (κ2) is 9.03. The summed E-state index contributed by atoms with van der Waals surface area (Å²) >= 11 is 1.53. The molecule has 8 heteroatoms. The number of amides is 1. The standard InChI is InChI=1S/C27H27N5O2S/c1-3-18-12-17(13-19(30-18)15-32-8-10-34-11-9-32)21-5-4-20-22(31-21)6-7-23-24(20)25-26(35-23)27(33)29-16(2)14-28-25/h3-7,12-13,16,28H,1,8-11,14-15H2,2H3,(H,29,33)/t16-/m1/s1. The van der Waals surface area contributed by atoms with Crippen LogP contribution < -0.4 is 10.6 Å². The molecule has 0 spiro atoms. The van der Waals surface area contributed by atoms with Gasteiger partial charge in [-0.15, -0.1) is 11.3 Å². The first-order chi connectivity index (χ1) is 17.1. The van der Waals surface area contributed by atoms with Crippen LogP contribution in [0.25, 0.3) is 38.3 Å². The molecule has 1 aromatic carbocycles. The molecule has 6 rings (SSSR count). The van der Waals surface area contributed by atoms with Crippen molar-refractivity contribution in [3.8, 4) is 11.3 Å². The number of morpholine rings is 1. The molecule has 7 nitrogen and oxygen atoms in total. The first kappa shape index (κ1) is 22.2. The highest BCUT2D eigenvalue weighted by molar-refractivity contribution is 7.21. The second-order valence-electron chi connectivity index (χ2n) is 9.13. The van der Waals surface area contributed by atoms with Crippen molar-refractivity contribution in [3.05, 3.63) is 59.2 Å². The maximum Gasteiger partial charge on any atom is 0.263 e. The number of nitrogens with zero attached hydrogens (tertiary/aromatic N) is 3. The molecule has 0 unspecified atom stereocenters. The zero-order chi connectivity index (χ0) is 23.9. The Morgan fingerprint density at radius 2 is 2.06 bits per heavy atom. The molecule has 0 radical (unpaired) electrons. The minimum atomic E-state index is -0.0158. The SMILES string of the molecule is C=Cc1cc(-c2ccc3c(ccc4sc5c(c43)NC[C@@H](C)NC5=O)n2)cc(CN2CCOCC2)n1. The number of anilines is 1. The molecule has 4 aromatic rings. The average Bonchev–Trinajstić information content (AvgIpc) is 3.20. The Balaban J connectivity index is 1.41. The van der Waals surface area contributed by atoms with Crippen LogP contribution in [0.3, 0.4) is 0 Å². The second-order valence-corrected chi connectivity index (χ2v) is 10.2. The average molecular weight is 486 g/mol. The van der Waals surface area contributed by atoms with Crippen molar-refractivity contribution < 1.29 is 9.53 Å². The van der Waals surface area contributed by atoms with Crippen molar-refractivity contribution in [1.82, 2.24) is 20.2 Å². The van der Waals surface area contributed by atoms with E-state index in [0.29, 0.717) is 6.54 Å². The largest absolute Gasteiger partial charge is 0.381 e. The molecule has 3 aromatic heterocycles. The Morgan fingerprint density at radius 3 is 2.89 bits per heavy atom. The number of hydrogen-bond acceptors (Lipinski definition) is 7. The van der Waals surface area contributed by atoms with Crippen LogP contribution in [0.4, 0.5) is 5.69 Å². The van der Waals surface area contributed by atoms with Gasteiger partial charge < -0.3 is 15.4 Å². The van der Waals surface area contributed by atoms with Crippen molar-refractivity contribution in [2.75, 3.05) is 38.2 Å². The van der Waals surface area contributed by atoms with Crippen molar-refractivity contribution >= 4 is 50.0 Å². The summed E-state index contributed by atoms with van der Waals surface area (Å²) in [7, 11) is 0. The number of aromatic nitrogens is 2. The molecule has 2 N–H and O–H groups in total. The number of carbonyl (C=O) groups excluding carboxylic acids is 1. The van der Waals surface area contributed by atoms with Gasteiger partial charge in [0, 0.05) is 53.3 Å². The Kier molecular flexibility index (Phi) is 5.72. The van der Waals surface area contributed by atoms with Crippen LogP contribution in [0.1, 0.15) is 28.0 Å². The fourth-order valence-electron chi connectivity index (χ4n) is 4.82. The van der Waals surface area contributed by atoms with Crippen LogP contribution in [-0.4, -0.2) is 59.7 Å². The van der Waals surface area contributed by atoms with Gasteiger partial charge in [-0.05, 0) is 49.4 Å². The summed E-state index contributed by atoms with van der Waals surface area (Å²) in [6, 6.07) is 12.5. The van der Waals surface area contributed by atoms with Crippen LogP contribution in [0.5, 0.6) is 0 Å². The number of pyridine rings is 2. The summed E-state index contributed by atoms with van der Waals surface area (Å²) < 4.78 is 6.56. The van der Waals surface area contributed by atoms with Crippen LogP contribution >= 0.6 is 11.3 Å². The Hall–Kier alpha value is -3.33. The van der Waals surface area contributed by atoms with Gasteiger partial charge in [-0.1, -0.05) is 6.58 Å². The number of ether oxygens (including phenoxy) is 1. The number of thiophene rings is 1. The number of benzene rings is 1. The zero-order valence-corrected chi connectivity index (χ0v) is 20.5. The van der Waals surface area contributed by atoms with Crippen LogP contribution in [0.2, 0.25) is 0 Å². The van der Waals surface area contributed by atoms with Gasteiger partial charge in [0.1, 0.15) is 4.88 Å². The van der Waals surface area contributed by atoms with E-state index in [2.05, 4.69) is 46.4 Å². The first-order valence-electron chi connectivity index (χ1n) is 11.9. The van der Waals surface area contributed by atoms with Gasteiger partial charge in [-0.25, -0.2) is 4.98 Å². The summed E-state index contributed by atoms with van der Waals surface area (Å²) in [4.78, 5) is 25.6. The topological polar surface area (TPSA) is 79.4 Å². The van der Waals surface area contributed by atoms with E-state index in [4.69, 9.17) is 14.7 Å². The molecule has 0 aliphatic carbocycles. The molecule has 1 atom stereocenters. The quantitative estimate of drug-likeness (QED) is 0.442. The van der Waals surface area contributed by atoms with E-state index in [1.807, 2.05) is 19.1 Å². The third-order valence-electron chi connectivity index (χ3n) is 6.58. The highest BCUT2D eigenvalue weighted by Gasteiger charge is 2.25. The summed E-state index contributed by atoms with van der Waals surface area (Å²) in [5.74, 6) is -0.0158. The maximum absolute atomic E-state index is 12.7. The molecule has 35 heavy (non-hydrogen) atoms. The fourth-order valence-corrected chi connectivity index (χ4v) is 5.92. The summed E-state index contributed by atoms with van der Waals surface area (Å²) in [5, 5.41) is 8.66. The predicted octanol–water partition coefficient (Wildman–Crippen LogP) is 4.53. The summed E-state index contributed by atoms with van der Waals surface area (Å²) in [5.41, 5.74) is 5.58. The molecule has 0 saturated carbocycles. The first-order valence-corrected chi connectivity index (χ1v) is 12.8. The molecule has 0 bridgehead atoms. The lowest BCUT2D eigenvalue weighted by atomic mass is 10.1. The highest BCUT2D eigenvalue weighted by atomic mass is 32.1. The molecule has 1 saturated heterocycles. The van der Waals surface area contributed by atoms with Gasteiger partial charge in [0.05, 0.1) is 41.5 Å². The molecule has 2 aliphatic rings. The van der Waals surface area contributed by atoms with Crippen molar-refractivity contribution in [2.45, 2.75) is 19.5 Å². The van der Waals surface area contributed by atoms with Crippen LogP contribution in [-0.2, 0) is 11.3 Å². The lowest BCUT2D eigenvalue weighted by Crippen LogP contribution is -2.35. The summed E-state index contributed by atoms with van der Waals surface area (Å²) in [6.45, 7) is 10.8. The lowest BCUT2D eigenvalue weighted by Gasteiger charge is -2.26. The molecular formula is C27H27N5O2S. The Morgan fingerprint density at radius 1 is 1.20 bits per heavy atom. The number of nitrogens with one attached hydrogen (secondary N) is 2. The van der Waals surface area contributed by atoms with Gasteiger partial charge in [-0.3, -0.25) is 14.7 Å². The van der Waals surface area contributed by atoms with Gasteiger partial charge in [-0.2, -0.15) is 0 Å². The molecule has 1 fully saturated rings. The van der Waals surface area contributed by atoms with E-state index in [1.54, 1.807) is 6.08 Å². The number of hydrogen-bond donors (Lipinski definition) is 2. The third-order valence-corrected chi connectivity index (χ3v) is 7.74. The normalized spacial score (nSPS) is 18.7. The third kappa shape index (κ3) is 4.18. The predicted molar refractivity (Wildman–Crippen MR) is 142 cm³/mol. The smallest absolute Gasteiger partial charge is 0.263 e. The zero-order valence-electron chi connectivity index (χ0n) is 19.6. The number of rotatable bonds is 4. The van der Waals surface area contributed by atoms with E-state index in [1.165, 1.54) is 11.3 Å². The summed E-state index contributed by atoms with van der Waals surface area (Å²) in [6.07, 6.45) is 1.79. The van der Waals surface area contributed by atoms with Gasteiger partial charge in [0.2, 0.25) is 0 Å². The van der Waals surface area contributed by atoms with E-state index < -0.39 is 0 Å². The molecular weight excluding hydrogens is 458 g/mol. The monoisotopic (exact) mass is 485 g/mol. The fraction of sp³-hybridized carbons (Fsp3) is 0.296. The van der Waals surface area contributed by atoms with Crippen molar-refractivity contribution in [3.63, 3.8) is 0 Å². The molecule has 5 heterocycles. The Bertz CT molecular complexity index is 1460. The molecule has 178 valence electrons. The molecule has 1 amide bonds. The van der Waals surface area contributed by atoms with E-state index in [9.17, 15) is 4.79 Å². The number of carbonyl (C=O) groups is 1. The van der Waals surface area contributed by atoms with Crippen LogP contribution in [0.15, 0.2) is 43.0 Å². The van der Waals surface area contributed by atoms with Crippen molar-refractivity contribution in [1.29, 1.82) is 0 Å². The lowest BCUT2D eigenvalue weighted by molar-refractivity contribution is 0.0336. The van der Waals surface area contributed by atoms with E-state index in [-0.39, 0.29) is 11.9 Å². The van der Waals surface area contributed by atoms with E-state index >= 15 is 0 Å². The maximum atomic E-state index is 12.7. The van der Waals surface area contributed by atoms with E-state index in [0.717, 1.165) is 87.0 Å². The molecule has 2 aliphatic heterocycles. The van der Waals surface area contributed by atoms with Gasteiger partial charge in [0.25, 0.3) is 5.91 Å². The van der Waals surface area contributed by atoms with Crippen LogP contribution in [0, 0.1) is 0 Å². The van der Waals surface area contributed by atoms with Gasteiger partial charge in [0.15, 0.2) is 0 Å². The number of fused-ring (bicyclic) bond motifs is 5. The highest BCUT2D eigenvalue weighted by Crippen LogP contribution is 2.41. The van der Waals surface area contributed by atoms with Gasteiger partial charge >= 0.3 is 0 Å². The Labute approximate surface area is 207 Å². The minimum Gasteiger partial charge on any atom is -0.381 e. The van der Waals surface area contributed by atoms with Crippen molar-refractivity contribution in [2.24, 2.45) is 0 Å². The minimum absolute atomic E-state index is 0.0158.